The Hall–Kier alpha value is -0.980. The van der Waals surface area contributed by atoms with Crippen molar-refractivity contribution >= 4 is 22.4 Å². The third kappa shape index (κ3) is 5.37. The molecule has 2 rings (SSSR count). The summed E-state index contributed by atoms with van der Waals surface area (Å²) < 4.78 is 0. The van der Waals surface area contributed by atoms with Crippen LogP contribution in [0.3, 0.4) is 0 Å². The zero-order valence-electron chi connectivity index (χ0n) is 13.2. The number of aryl methyl sites for hydroxylation is 1. The van der Waals surface area contributed by atoms with Crippen molar-refractivity contribution in [1.82, 2.24) is 15.2 Å². The molecule has 0 spiro atoms. The van der Waals surface area contributed by atoms with Crippen LogP contribution in [-0.2, 0) is 4.79 Å². The SMILES string of the molecule is Cc1csc(NC(=O)CN(CC2CCCNC2)C(C)C)n1. The Morgan fingerprint density at radius 1 is 1.62 bits per heavy atom. The van der Waals surface area contributed by atoms with Gasteiger partial charge in [-0.3, -0.25) is 9.69 Å². The van der Waals surface area contributed by atoms with Gasteiger partial charge in [-0.05, 0) is 52.6 Å². The molecule has 2 N–H and O–H groups in total. The van der Waals surface area contributed by atoms with Crippen LogP contribution >= 0.6 is 11.3 Å². The minimum absolute atomic E-state index is 0.0295. The molecule has 0 aliphatic carbocycles. The largest absolute Gasteiger partial charge is 0.316 e. The number of nitrogens with zero attached hydrogens (tertiary/aromatic N) is 2. The molecule has 2 heterocycles. The third-order valence-corrected chi connectivity index (χ3v) is 4.71. The van der Waals surface area contributed by atoms with Crippen molar-refractivity contribution in [3.63, 3.8) is 0 Å². The summed E-state index contributed by atoms with van der Waals surface area (Å²) in [5.74, 6) is 0.679. The molecule has 1 saturated heterocycles. The van der Waals surface area contributed by atoms with Crippen LogP contribution in [0, 0.1) is 12.8 Å². The highest BCUT2D eigenvalue weighted by molar-refractivity contribution is 7.13. The molecule has 6 heteroatoms. The van der Waals surface area contributed by atoms with Crippen LogP contribution in [0.25, 0.3) is 0 Å². The van der Waals surface area contributed by atoms with Crippen LogP contribution in [0.1, 0.15) is 32.4 Å². The van der Waals surface area contributed by atoms with E-state index in [0.717, 1.165) is 25.3 Å². The van der Waals surface area contributed by atoms with E-state index in [0.29, 0.717) is 23.6 Å². The fraction of sp³-hybridized carbons (Fsp3) is 0.733. The van der Waals surface area contributed by atoms with Gasteiger partial charge < -0.3 is 10.6 Å². The summed E-state index contributed by atoms with van der Waals surface area (Å²) in [6.07, 6.45) is 2.49. The van der Waals surface area contributed by atoms with E-state index in [1.807, 2.05) is 12.3 Å². The summed E-state index contributed by atoms with van der Waals surface area (Å²) >= 11 is 1.48. The molecule has 1 unspecified atom stereocenters. The quantitative estimate of drug-likeness (QED) is 0.845. The average Bonchev–Trinajstić information content (AvgIpc) is 2.84. The Morgan fingerprint density at radius 2 is 2.43 bits per heavy atom. The Labute approximate surface area is 131 Å². The standard InChI is InChI=1S/C15H26N4OS/c1-11(2)19(8-13-5-4-6-16-7-13)9-14(20)18-15-17-12(3)10-21-15/h10-11,13,16H,4-9H2,1-3H3,(H,17,18,20). The van der Waals surface area contributed by atoms with E-state index >= 15 is 0 Å². The van der Waals surface area contributed by atoms with Crippen molar-refractivity contribution in [2.75, 3.05) is 31.5 Å². The summed E-state index contributed by atoms with van der Waals surface area (Å²) in [5.41, 5.74) is 0.948. The first-order valence-corrected chi connectivity index (χ1v) is 8.59. The molecule has 1 aliphatic rings. The van der Waals surface area contributed by atoms with Crippen LogP contribution in [0.5, 0.6) is 0 Å². The van der Waals surface area contributed by atoms with Gasteiger partial charge in [-0.25, -0.2) is 4.98 Å². The van der Waals surface area contributed by atoms with Gasteiger partial charge in [-0.15, -0.1) is 11.3 Å². The number of anilines is 1. The number of hydrogen-bond acceptors (Lipinski definition) is 5. The lowest BCUT2D eigenvalue weighted by Crippen LogP contribution is -2.44. The van der Waals surface area contributed by atoms with Crippen molar-refractivity contribution in [2.45, 2.75) is 39.7 Å². The first kappa shape index (κ1) is 16.4. The molecule has 1 aliphatic heterocycles. The molecule has 1 amide bonds. The predicted octanol–water partition coefficient (Wildman–Crippen LogP) is 2.10. The molecule has 1 atom stereocenters. The lowest BCUT2D eigenvalue weighted by atomic mass is 9.98. The zero-order chi connectivity index (χ0) is 15.2. The average molecular weight is 310 g/mol. The Morgan fingerprint density at radius 3 is 3.00 bits per heavy atom. The van der Waals surface area contributed by atoms with Crippen LogP contribution in [0.15, 0.2) is 5.38 Å². The smallest absolute Gasteiger partial charge is 0.240 e. The molecule has 1 aromatic rings. The molecular formula is C15H26N4OS. The Balaban J connectivity index is 1.84. The van der Waals surface area contributed by atoms with E-state index < -0.39 is 0 Å². The van der Waals surface area contributed by atoms with Gasteiger partial charge in [0.15, 0.2) is 5.13 Å². The number of hydrogen-bond donors (Lipinski definition) is 2. The van der Waals surface area contributed by atoms with Crippen molar-refractivity contribution in [3.05, 3.63) is 11.1 Å². The van der Waals surface area contributed by atoms with E-state index in [1.165, 1.54) is 24.2 Å². The lowest BCUT2D eigenvalue weighted by molar-refractivity contribution is -0.117. The second kappa shape index (κ2) is 7.87. The normalized spacial score (nSPS) is 19.2. The highest BCUT2D eigenvalue weighted by Gasteiger charge is 2.21. The van der Waals surface area contributed by atoms with Crippen LogP contribution in [0.4, 0.5) is 5.13 Å². The first-order chi connectivity index (χ1) is 10.0. The van der Waals surface area contributed by atoms with Crippen LogP contribution in [0.2, 0.25) is 0 Å². The number of thiazole rings is 1. The van der Waals surface area contributed by atoms with Gasteiger partial charge in [0.2, 0.25) is 5.91 Å². The highest BCUT2D eigenvalue weighted by atomic mass is 32.1. The predicted molar refractivity (Wildman–Crippen MR) is 87.8 cm³/mol. The van der Waals surface area contributed by atoms with Crippen LogP contribution < -0.4 is 10.6 Å². The summed E-state index contributed by atoms with van der Waals surface area (Å²) in [6.45, 7) is 9.84. The molecule has 118 valence electrons. The number of carbonyl (C=O) groups is 1. The van der Waals surface area contributed by atoms with Gasteiger partial charge in [-0.2, -0.15) is 0 Å². The number of aromatic nitrogens is 1. The van der Waals surface area contributed by atoms with Gasteiger partial charge >= 0.3 is 0 Å². The summed E-state index contributed by atoms with van der Waals surface area (Å²) in [4.78, 5) is 18.7. The molecule has 0 radical (unpaired) electrons. The molecule has 1 fully saturated rings. The summed E-state index contributed by atoms with van der Waals surface area (Å²) in [7, 11) is 0. The molecule has 21 heavy (non-hydrogen) atoms. The Bertz CT molecular complexity index is 454. The second-order valence-corrected chi connectivity index (χ2v) is 6.94. The number of carbonyl (C=O) groups excluding carboxylic acids is 1. The number of amides is 1. The lowest BCUT2D eigenvalue weighted by Gasteiger charge is -2.32. The van der Waals surface area contributed by atoms with E-state index in [1.54, 1.807) is 0 Å². The highest BCUT2D eigenvalue weighted by Crippen LogP contribution is 2.16. The van der Waals surface area contributed by atoms with E-state index in [9.17, 15) is 4.79 Å². The van der Waals surface area contributed by atoms with Crippen molar-refractivity contribution < 1.29 is 4.79 Å². The van der Waals surface area contributed by atoms with E-state index in [-0.39, 0.29) is 5.91 Å². The Kier molecular flexibility index (Phi) is 6.14. The maximum atomic E-state index is 12.2. The van der Waals surface area contributed by atoms with Gasteiger partial charge in [0, 0.05) is 18.0 Å². The molecule has 0 saturated carbocycles. The fourth-order valence-corrected chi connectivity index (χ4v) is 3.33. The minimum Gasteiger partial charge on any atom is -0.316 e. The summed E-state index contributed by atoms with van der Waals surface area (Å²) in [6, 6.07) is 0.371. The maximum Gasteiger partial charge on any atom is 0.240 e. The maximum absolute atomic E-state index is 12.2. The number of piperidine rings is 1. The van der Waals surface area contributed by atoms with Crippen molar-refractivity contribution in [3.8, 4) is 0 Å². The van der Waals surface area contributed by atoms with Gasteiger partial charge in [-0.1, -0.05) is 0 Å². The van der Waals surface area contributed by atoms with E-state index in [4.69, 9.17) is 0 Å². The third-order valence-electron chi connectivity index (χ3n) is 3.83. The first-order valence-electron chi connectivity index (χ1n) is 7.71. The summed E-state index contributed by atoms with van der Waals surface area (Å²) in [5, 5.41) is 8.98. The molecule has 5 nitrogen and oxygen atoms in total. The van der Waals surface area contributed by atoms with Crippen LogP contribution in [-0.4, -0.2) is 48.0 Å². The van der Waals surface area contributed by atoms with Crippen molar-refractivity contribution in [1.29, 1.82) is 0 Å². The molecule has 1 aromatic heterocycles. The molecule has 0 bridgehead atoms. The van der Waals surface area contributed by atoms with Gasteiger partial charge in [0.1, 0.15) is 0 Å². The van der Waals surface area contributed by atoms with Gasteiger partial charge in [0.25, 0.3) is 0 Å². The van der Waals surface area contributed by atoms with E-state index in [2.05, 4.69) is 34.4 Å². The van der Waals surface area contributed by atoms with Gasteiger partial charge in [0.05, 0.1) is 12.2 Å². The fourth-order valence-electron chi connectivity index (χ4n) is 2.62. The molecular weight excluding hydrogens is 284 g/mol. The topological polar surface area (TPSA) is 57.3 Å². The zero-order valence-corrected chi connectivity index (χ0v) is 14.0. The monoisotopic (exact) mass is 310 g/mol. The van der Waals surface area contributed by atoms with Crippen molar-refractivity contribution in [2.24, 2.45) is 5.92 Å². The number of nitrogens with one attached hydrogen (secondary N) is 2. The minimum atomic E-state index is 0.0295. The number of rotatable bonds is 6. The molecule has 0 aromatic carbocycles. The second-order valence-electron chi connectivity index (χ2n) is 6.08.